The van der Waals surface area contributed by atoms with Crippen molar-refractivity contribution >= 4 is 33.2 Å². The molecule has 0 spiro atoms. The lowest BCUT2D eigenvalue weighted by atomic mass is 10.1. The molecular weight excluding hydrogens is 310 g/mol. The molecule has 0 saturated heterocycles. The molecule has 4 heteroatoms. The average molecular weight is 324 g/mol. The fourth-order valence-electron chi connectivity index (χ4n) is 1.73. The molecule has 0 aliphatic heterocycles. The third-order valence-corrected chi connectivity index (χ3v) is 4.41. The van der Waals surface area contributed by atoms with Gasteiger partial charge in [0.15, 0.2) is 0 Å². The molecule has 2 nitrogen and oxygen atoms in total. The van der Waals surface area contributed by atoms with Crippen molar-refractivity contribution in [2.75, 3.05) is 7.05 Å². The number of benzene rings is 1. The summed E-state index contributed by atoms with van der Waals surface area (Å²) in [5, 5.41) is 0. The molecule has 0 radical (unpaired) electrons. The topological polar surface area (TPSA) is 20.3 Å². The van der Waals surface area contributed by atoms with Gasteiger partial charge >= 0.3 is 0 Å². The van der Waals surface area contributed by atoms with E-state index in [1.807, 2.05) is 31.3 Å². The Hall–Kier alpha value is -1.13. The lowest BCUT2D eigenvalue weighted by molar-refractivity contribution is 0.0789. The molecule has 2 aromatic rings. The highest BCUT2D eigenvalue weighted by molar-refractivity contribution is 9.11. The van der Waals surface area contributed by atoms with Crippen LogP contribution in [0.2, 0.25) is 0 Å². The number of aryl methyl sites for hydroxylation is 1. The van der Waals surface area contributed by atoms with Crippen LogP contribution >= 0.6 is 27.3 Å². The van der Waals surface area contributed by atoms with Crippen LogP contribution in [0.25, 0.3) is 0 Å². The van der Waals surface area contributed by atoms with E-state index in [2.05, 4.69) is 35.0 Å². The Morgan fingerprint density at radius 1 is 1.28 bits per heavy atom. The molecule has 2 rings (SSSR count). The summed E-state index contributed by atoms with van der Waals surface area (Å²) < 4.78 is 0.982. The number of nitrogens with zero attached hydrogens (tertiary/aromatic N) is 1. The Labute approximate surface area is 119 Å². The second-order valence-corrected chi connectivity index (χ2v) is 6.65. The van der Waals surface area contributed by atoms with Crippen molar-refractivity contribution in [1.29, 1.82) is 0 Å². The quantitative estimate of drug-likeness (QED) is 0.833. The van der Waals surface area contributed by atoms with Crippen LogP contribution in [0, 0.1) is 6.92 Å². The number of thiophene rings is 1. The van der Waals surface area contributed by atoms with E-state index in [1.54, 1.807) is 4.90 Å². The molecule has 1 heterocycles. The Morgan fingerprint density at radius 2 is 2.00 bits per heavy atom. The van der Waals surface area contributed by atoms with E-state index < -0.39 is 0 Å². The Morgan fingerprint density at radius 3 is 2.61 bits per heavy atom. The van der Waals surface area contributed by atoms with E-state index in [-0.39, 0.29) is 5.91 Å². The Balaban J connectivity index is 2.11. The van der Waals surface area contributed by atoms with Crippen molar-refractivity contribution in [1.82, 2.24) is 4.90 Å². The second-order valence-electron chi connectivity index (χ2n) is 4.19. The van der Waals surface area contributed by atoms with Crippen LogP contribution < -0.4 is 0 Å². The third-order valence-electron chi connectivity index (χ3n) is 2.80. The summed E-state index contributed by atoms with van der Waals surface area (Å²) in [6, 6.07) is 11.9. The van der Waals surface area contributed by atoms with Gasteiger partial charge < -0.3 is 4.90 Å². The first-order valence-electron chi connectivity index (χ1n) is 5.63. The third kappa shape index (κ3) is 3.00. The molecular formula is C14H14BrNOS. The van der Waals surface area contributed by atoms with Gasteiger partial charge in [-0.25, -0.2) is 0 Å². The van der Waals surface area contributed by atoms with Gasteiger partial charge in [-0.2, -0.15) is 0 Å². The maximum Gasteiger partial charge on any atom is 0.264 e. The lowest BCUT2D eigenvalue weighted by Crippen LogP contribution is -2.25. The van der Waals surface area contributed by atoms with E-state index in [0.717, 1.165) is 8.66 Å². The fourth-order valence-corrected chi connectivity index (χ4v) is 3.11. The van der Waals surface area contributed by atoms with Crippen molar-refractivity contribution in [3.05, 3.63) is 56.2 Å². The molecule has 0 aliphatic carbocycles. The van der Waals surface area contributed by atoms with Crippen molar-refractivity contribution < 1.29 is 4.79 Å². The number of carbonyl (C=O) groups excluding carboxylic acids is 1. The largest absolute Gasteiger partial charge is 0.337 e. The van der Waals surface area contributed by atoms with Crippen LogP contribution in [0.3, 0.4) is 0 Å². The maximum atomic E-state index is 12.2. The lowest BCUT2D eigenvalue weighted by Gasteiger charge is -2.17. The zero-order valence-corrected chi connectivity index (χ0v) is 12.7. The van der Waals surface area contributed by atoms with Gasteiger partial charge in [0.25, 0.3) is 5.91 Å². The Bertz CT molecular complexity index is 564. The predicted octanol–water partition coefficient (Wildman–Crippen LogP) is 4.09. The van der Waals surface area contributed by atoms with Crippen molar-refractivity contribution in [3.63, 3.8) is 0 Å². The first-order valence-corrected chi connectivity index (χ1v) is 7.24. The van der Waals surface area contributed by atoms with E-state index in [9.17, 15) is 4.79 Å². The normalized spacial score (nSPS) is 10.4. The summed E-state index contributed by atoms with van der Waals surface area (Å²) in [6.07, 6.45) is 0. The highest BCUT2D eigenvalue weighted by Crippen LogP contribution is 2.23. The molecule has 0 unspecified atom stereocenters. The molecule has 18 heavy (non-hydrogen) atoms. The van der Waals surface area contributed by atoms with Gasteiger partial charge in [-0.1, -0.05) is 24.3 Å². The van der Waals surface area contributed by atoms with Gasteiger partial charge in [0, 0.05) is 13.6 Å². The number of hydrogen-bond donors (Lipinski definition) is 0. The van der Waals surface area contributed by atoms with Gasteiger partial charge in [0.2, 0.25) is 0 Å². The minimum Gasteiger partial charge on any atom is -0.337 e. The van der Waals surface area contributed by atoms with Crippen LogP contribution in [-0.2, 0) is 6.54 Å². The van der Waals surface area contributed by atoms with E-state index in [1.165, 1.54) is 22.5 Å². The second kappa shape index (κ2) is 5.67. The monoisotopic (exact) mass is 323 g/mol. The standard InChI is InChI=1S/C14H14BrNOS/c1-10-5-3-4-6-11(10)9-16(2)14(17)12-7-8-13(15)18-12/h3-8H,9H2,1-2H3. The first kappa shape index (κ1) is 13.3. The van der Waals surface area contributed by atoms with Crippen molar-refractivity contribution in [2.24, 2.45) is 0 Å². The zero-order chi connectivity index (χ0) is 13.1. The molecule has 0 bridgehead atoms. The summed E-state index contributed by atoms with van der Waals surface area (Å²) >= 11 is 4.84. The molecule has 0 N–H and O–H groups in total. The van der Waals surface area contributed by atoms with Crippen LogP contribution in [0.5, 0.6) is 0 Å². The van der Waals surface area contributed by atoms with Gasteiger partial charge in [-0.05, 0) is 46.1 Å². The highest BCUT2D eigenvalue weighted by Gasteiger charge is 2.14. The smallest absolute Gasteiger partial charge is 0.264 e. The van der Waals surface area contributed by atoms with Crippen molar-refractivity contribution in [2.45, 2.75) is 13.5 Å². The minimum absolute atomic E-state index is 0.0638. The van der Waals surface area contributed by atoms with Gasteiger partial charge in [0.05, 0.1) is 8.66 Å². The van der Waals surface area contributed by atoms with Crippen molar-refractivity contribution in [3.8, 4) is 0 Å². The van der Waals surface area contributed by atoms with Gasteiger partial charge in [-0.15, -0.1) is 11.3 Å². The van der Waals surface area contributed by atoms with Crippen LogP contribution in [0.4, 0.5) is 0 Å². The molecule has 0 fully saturated rings. The maximum absolute atomic E-state index is 12.2. The summed E-state index contributed by atoms with van der Waals surface area (Å²) in [6.45, 7) is 2.70. The number of rotatable bonds is 3. The van der Waals surface area contributed by atoms with Crippen LogP contribution in [0.1, 0.15) is 20.8 Å². The summed E-state index contributed by atoms with van der Waals surface area (Å²) in [5.74, 6) is 0.0638. The van der Waals surface area contributed by atoms with E-state index in [4.69, 9.17) is 0 Å². The van der Waals surface area contributed by atoms with Gasteiger partial charge in [-0.3, -0.25) is 4.79 Å². The summed E-state index contributed by atoms with van der Waals surface area (Å²) in [4.78, 5) is 14.7. The van der Waals surface area contributed by atoms with E-state index >= 15 is 0 Å². The van der Waals surface area contributed by atoms with Crippen LogP contribution in [0.15, 0.2) is 40.2 Å². The molecule has 1 aromatic carbocycles. The van der Waals surface area contributed by atoms with Gasteiger partial charge in [0.1, 0.15) is 0 Å². The molecule has 1 amide bonds. The number of hydrogen-bond acceptors (Lipinski definition) is 2. The molecule has 94 valence electrons. The number of carbonyl (C=O) groups is 1. The zero-order valence-electron chi connectivity index (χ0n) is 10.3. The highest BCUT2D eigenvalue weighted by atomic mass is 79.9. The number of halogens is 1. The SMILES string of the molecule is Cc1ccccc1CN(C)C(=O)c1ccc(Br)s1. The fraction of sp³-hybridized carbons (Fsp3) is 0.214. The van der Waals surface area contributed by atoms with E-state index in [0.29, 0.717) is 6.54 Å². The molecule has 0 saturated carbocycles. The summed E-state index contributed by atoms with van der Waals surface area (Å²) in [5.41, 5.74) is 2.40. The molecule has 1 aromatic heterocycles. The summed E-state index contributed by atoms with van der Waals surface area (Å²) in [7, 11) is 1.84. The number of amides is 1. The Kier molecular flexibility index (Phi) is 4.19. The molecule has 0 atom stereocenters. The first-order chi connectivity index (χ1) is 8.58. The average Bonchev–Trinajstić information content (AvgIpc) is 2.78. The minimum atomic E-state index is 0.0638. The predicted molar refractivity (Wildman–Crippen MR) is 79.0 cm³/mol. The molecule has 0 aliphatic rings. The van der Waals surface area contributed by atoms with Crippen LogP contribution in [-0.4, -0.2) is 17.9 Å².